The lowest BCUT2D eigenvalue weighted by molar-refractivity contribution is 0.0943. The van der Waals surface area contributed by atoms with Crippen LogP contribution in [-0.2, 0) is 0 Å². The first kappa shape index (κ1) is 14.5. The van der Waals surface area contributed by atoms with E-state index in [1.165, 1.54) is 12.8 Å². The number of carbonyl (C=O) groups excluding carboxylic acids is 1. The Morgan fingerprint density at radius 3 is 2.68 bits per heavy atom. The molecule has 0 aromatic heterocycles. The zero-order valence-corrected chi connectivity index (χ0v) is 13.4. The van der Waals surface area contributed by atoms with Crippen LogP contribution in [0.4, 0.5) is 0 Å². The molecule has 4 nitrogen and oxygen atoms in total. The van der Waals surface area contributed by atoms with Crippen molar-refractivity contribution in [1.82, 2.24) is 16.2 Å². The molecular formula is C13H16IN3OS. The van der Waals surface area contributed by atoms with Crippen molar-refractivity contribution >= 4 is 45.8 Å². The molecule has 0 radical (unpaired) electrons. The van der Waals surface area contributed by atoms with Gasteiger partial charge in [-0.15, -0.1) is 0 Å². The smallest absolute Gasteiger partial charge is 0.269 e. The van der Waals surface area contributed by atoms with Crippen LogP contribution in [0.3, 0.4) is 0 Å². The highest BCUT2D eigenvalue weighted by Crippen LogP contribution is 2.17. The van der Waals surface area contributed by atoms with E-state index in [0.717, 1.165) is 16.4 Å². The summed E-state index contributed by atoms with van der Waals surface area (Å²) >= 11 is 7.32. The lowest BCUT2D eigenvalue weighted by Gasteiger charge is -2.16. The summed E-state index contributed by atoms with van der Waals surface area (Å²) in [6.07, 6.45) is 4.78. The minimum Gasteiger partial charge on any atom is -0.359 e. The number of benzene rings is 1. The largest absolute Gasteiger partial charge is 0.359 e. The van der Waals surface area contributed by atoms with Gasteiger partial charge in [0.15, 0.2) is 5.11 Å². The standard InChI is InChI=1S/C13H16IN3OS/c14-10-5-3-4-9(8-10)12(18)16-17-13(19)15-11-6-1-2-7-11/h3-5,8,11H,1-2,6-7H2,(H,16,18)(H2,15,17,19). The number of hydrazine groups is 1. The van der Waals surface area contributed by atoms with Gasteiger partial charge in [-0.25, -0.2) is 0 Å². The van der Waals surface area contributed by atoms with Crippen molar-refractivity contribution in [2.24, 2.45) is 0 Å². The molecule has 1 aliphatic carbocycles. The summed E-state index contributed by atoms with van der Waals surface area (Å²) in [6.45, 7) is 0. The van der Waals surface area contributed by atoms with E-state index >= 15 is 0 Å². The van der Waals surface area contributed by atoms with Crippen LogP contribution in [0.5, 0.6) is 0 Å². The van der Waals surface area contributed by atoms with E-state index in [2.05, 4.69) is 38.8 Å². The van der Waals surface area contributed by atoms with Gasteiger partial charge in [0.05, 0.1) is 0 Å². The highest BCUT2D eigenvalue weighted by Gasteiger charge is 2.15. The Morgan fingerprint density at radius 1 is 1.26 bits per heavy atom. The van der Waals surface area contributed by atoms with Gasteiger partial charge in [0.25, 0.3) is 5.91 Å². The maximum atomic E-state index is 11.9. The van der Waals surface area contributed by atoms with Gasteiger partial charge in [-0.05, 0) is 65.8 Å². The highest BCUT2D eigenvalue weighted by atomic mass is 127. The van der Waals surface area contributed by atoms with E-state index in [4.69, 9.17) is 12.2 Å². The quantitative estimate of drug-likeness (QED) is 0.413. The second-order valence-electron chi connectivity index (χ2n) is 4.54. The number of thiocarbonyl (C=S) groups is 1. The molecule has 0 bridgehead atoms. The Kier molecular flexibility index (Phi) is 5.38. The molecule has 1 aromatic carbocycles. The fraction of sp³-hybridized carbons (Fsp3) is 0.385. The van der Waals surface area contributed by atoms with Gasteiger partial charge >= 0.3 is 0 Å². The Morgan fingerprint density at radius 2 is 2.00 bits per heavy atom. The van der Waals surface area contributed by atoms with E-state index < -0.39 is 0 Å². The fourth-order valence-corrected chi connectivity index (χ4v) is 2.87. The van der Waals surface area contributed by atoms with Gasteiger partial charge in [-0.1, -0.05) is 18.9 Å². The molecule has 0 unspecified atom stereocenters. The first-order chi connectivity index (χ1) is 9.15. The molecule has 0 heterocycles. The lowest BCUT2D eigenvalue weighted by Crippen LogP contribution is -2.49. The maximum Gasteiger partial charge on any atom is 0.269 e. The molecule has 1 aromatic rings. The predicted molar refractivity (Wildman–Crippen MR) is 87.8 cm³/mol. The molecule has 1 amide bonds. The van der Waals surface area contributed by atoms with Crippen LogP contribution >= 0.6 is 34.8 Å². The van der Waals surface area contributed by atoms with E-state index in [1.54, 1.807) is 6.07 Å². The fourth-order valence-electron chi connectivity index (χ4n) is 2.11. The van der Waals surface area contributed by atoms with Gasteiger partial charge in [-0.3, -0.25) is 15.6 Å². The van der Waals surface area contributed by atoms with Crippen LogP contribution < -0.4 is 16.2 Å². The van der Waals surface area contributed by atoms with Crippen LogP contribution in [0.15, 0.2) is 24.3 Å². The van der Waals surface area contributed by atoms with Crippen LogP contribution in [-0.4, -0.2) is 17.1 Å². The van der Waals surface area contributed by atoms with Crippen LogP contribution in [0.1, 0.15) is 36.0 Å². The van der Waals surface area contributed by atoms with Gasteiger partial charge in [0.2, 0.25) is 0 Å². The number of hydrogen-bond acceptors (Lipinski definition) is 2. The summed E-state index contributed by atoms with van der Waals surface area (Å²) < 4.78 is 1.02. The highest BCUT2D eigenvalue weighted by molar-refractivity contribution is 14.1. The van der Waals surface area contributed by atoms with Crippen LogP contribution in [0, 0.1) is 3.57 Å². The van der Waals surface area contributed by atoms with Crippen LogP contribution in [0.2, 0.25) is 0 Å². The molecule has 0 spiro atoms. The maximum absolute atomic E-state index is 11.9. The van der Waals surface area contributed by atoms with Crippen molar-refractivity contribution in [1.29, 1.82) is 0 Å². The van der Waals surface area contributed by atoms with Crippen molar-refractivity contribution in [2.45, 2.75) is 31.7 Å². The van der Waals surface area contributed by atoms with Crippen LogP contribution in [0.25, 0.3) is 0 Å². The molecular weight excluding hydrogens is 373 g/mol. The normalized spacial score (nSPS) is 15.0. The van der Waals surface area contributed by atoms with E-state index in [9.17, 15) is 4.79 Å². The average molecular weight is 389 g/mol. The van der Waals surface area contributed by atoms with E-state index in [-0.39, 0.29) is 5.91 Å². The summed E-state index contributed by atoms with van der Waals surface area (Å²) in [4.78, 5) is 11.9. The molecule has 19 heavy (non-hydrogen) atoms. The van der Waals surface area contributed by atoms with Gasteiger partial charge in [0, 0.05) is 15.2 Å². The molecule has 3 N–H and O–H groups in total. The molecule has 2 rings (SSSR count). The molecule has 6 heteroatoms. The first-order valence-corrected chi connectivity index (χ1v) is 7.76. The third-order valence-electron chi connectivity index (χ3n) is 3.07. The number of carbonyl (C=O) groups is 1. The molecule has 0 saturated heterocycles. The number of rotatable bonds is 2. The van der Waals surface area contributed by atoms with E-state index in [0.29, 0.717) is 16.7 Å². The zero-order valence-electron chi connectivity index (χ0n) is 10.4. The number of nitrogens with one attached hydrogen (secondary N) is 3. The van der Waals surface area contributed by atoms with Gasteiger partial charge in [0.1, 0.15) is 0 Å². The van der Waals surface area contributed by atoms with Crippen molar-refractivity contribution in [3.8, 4) is 0 Å². The zero-order chi connectivity index (χ0) is 13.7. The second-order valence-corrected chi connectivity index (χ2v) is 6.20. The molecule has 102 valence electrons. The summed E-state index contributed by atoms with van der Waals surface area (Å²) in [7, 11) is 0. The molecule has 0 atom stereocenters. The third-order valence-corrected chi connectivity index (χ3v) is 3.96. The summed E-state index contributed by atoms with van der Waals surface area (Å²) in [5.41, 5.74) is 5.96. The van der Waals surface area contributed by atoms with Crippen molar-refractivity contribution in [2.75, 3.05) is 0 Å². The number of amides is 1. The Hall–Kier alpha value is -0.890. The molecule has 0 aliphatic heterocycles. The summed E-state index contributed by atoms with van der Waals surface area (Å²) in [6, 6.07) is 7.83. The summed E-state index contributed by atoms with van der Waals surface area (Å²) in [5, 5.41) is 3.68. The Bertz CT molecular complexity index is 475. The monoisotopic (exact) mass is 389 g/mol. The van der Waals surface area contributed by atoms with Gasteiger partial charge < -0.3 is 5.32 Å². The SMILES string of the molecule is O=C(NNC(=S)NC1CCCC1)c1cccc(I)c1. The number of hydrogen-bond donors (Lipinski definition) is 3. The lowest BCUT2D eigenvalue weighted by atomic mass is 10.2. The minimum atomic E-state index is -0.186. The topological polar surface area (TPSA) is 53.2 Å². The predicted octanol–water partition coefficient (Wildman–Crippen LogP) is 2.34. The first-order valence-electron chi connectivity index (χ1n) is 6.27. The van der Waals surface area contributed by atoms with Crippen molar-refractivity contribution in [3.05, 3.63) is 33.4 Å². The molecule has 1 aliphatic rings. The third kappa shape index (κ3) is 4.61. The van der Waals surface area contributed by atoms with Crippen molar-refractivity contribution in [3.63, 3.8) is 0 Å². The molecule has 1 saturated carbocycles. The Balaban J connectivity index is 1.78. The molecule has 1 fully saturated rings. The Labute approximate surface area is 131 Å². The average Bonchev–Trinajstić information content (AvgIpc) is 2.88. The van der Waals surface area contributed by atoms with E-state index in [1.807, 2.05) is 18.2 Å². The minimum absolute atomic E-state index is 0.186. The summed E-state index contributed by atoms with van der Waals surface area (Å²) in [5.74, 6) is -0.186. The van der Waals surface area contributed by atoms with Gasteiger partial charge in [-0.2, -0.15) is 0 Å². The van der Waals surface area contributed by atoms with Crippen molar-refractivity contribution < 1.29 is 4.79 Å². The second kappa shape index (κ2) is 7.04. The number of halogens is 1.